The third kappa shape index (κ3) is 3.68. The summed E-state index contributed by atoms with van der Waals surface area (Å²) in [6.07, 6.45) is 2.58. The van der Waals surface area contributed by atoms with E-state index in [1.807, 2.05) is 10.3 Å². The number of piperazine rings is 1. The first-order valence-electron chi connectivity index (χ1n) is 8.13. The van der Waals surface area contributed by atoms with E-state index in [9.17, 15) is 9.59 Å². The minimum absolute atomic E-state index is 0.0258. The fourth-order valence-electron chi connectivity index (χ4n) is 2.81. The predicted octanol–water partition coefficient (Wildman–Crippen LogP) is 2.76. The van der Waals surface area contributed by atoms with E-state index in [1.54, 1.807) is 18.2 Å². The van der Waals surface area contributed by atoms with Crippen LogP contribution >= 0.6 is 11.3 Å². The van der Waals surface area contributed by atoms with E-state index in [2.05, 4.69) is 17.1 Å². The van der Waals surface area contributed by atoms with Crippen molar-refractivity contribution in [2.75, 3.05) is 38.0 Å². The molecule has 0 radical (unpaired) electrons. The van der Waals surface area contributed by atoms with Crippen LogP contribution in [0, 0.1) is 0 Å². The molecule has 3 rings (SSSR count). The van der Waals surface area contributed by atoms with E-state index >= 15 is 0 Å². The van der Waals surface area contributed by atoms with Crippen LogP contribution in [-0.4, -0.2) is 54.3 Å². The standard InChI is InChI=1S/C17H21N3O3S/c1-2-6-19-7-9-20(10-8-19)17(22)13-5-12-24-16(13)18-15(21)14-4-3-11-23-14/h3-5,11-12H,2,6-10H2,1H3,(H,18,21). The van der Waals surface area contributed by atoms with Crippen molar-refractivity contribution in [3.63, 3.8) is 0 Å². The van der Waals surface area contributed by atoms with Gasteiger partial charge in [0.15, 0.2) is 5.76 Å². The first-order chi connectivity index (χ1) is 11.7. The van der Waals surface area contributed by atoms with Crippen LogP contribution in [0.2, 0.25) is 0 Å². The largest absolute Gasteiger partial charge is 0.459 e. The Morgan fingerprint density at radius 2 is 2.04 bits per heavy atom. The fourth-order valence-corrected chi connectivity index (χ4v) is 3.58. The highest BCUT2D eigenvalue weighted by atomic mass is 32.1. The topological polar surface area (TPSA) is 65.8 Å². The molecule has 2 aromatic rings. The van der Waals surface area contributed by atoms with Gasteiger partial charge in [0.2, 0.25) is 0 Å². The van der Waals surface area contributed by atoms with Crippen LogP contribution in [0.15, 0.2) is 34.3 Å². The Morgan fingerprint density at radius 1 is 1.25 bits per heavy atom. The molecule has 128 valence electrons. The number of furan rings is 1. The van der Waals surface area contributed by atoms with Gasteiger partial charge in [0.1, 0.15) is 5.00 Å². The third-order valence-electron chi connectivity index (χ3n) is 4.07. The predicted molar refractivity (Wildman–Crippen MR) is 93.6 cm³/mol. The molecule has 1 aliphatic heterocycles. The summed E-state index contributed by atoms with van der Waals surface area (Å²) in [6.45, 7) is 6.48. The summed E-state index contributed by atoms with van der Waals surface area (Å²) < 4.78 is 5.09. The van der Waals surface area contributed by atoms with E-state index in [1.165, 1.54) is 17.6 Å². The third-order valence-corrected chi connectivity index (χ3v) is 4.90. The molecule has 0 aliphatic carbocycles. The lowest BCUT2D eigenvalue weighted by Gasteiger charge is -2.34. The van der Waals surface area contributed by atoms with Crippen molar-refractivity contribution in [2.45, 2.75) is 13.3 Å². The maximum absolute atomic E-state index is 12.8. The van der Waals surface area contributed by atoms with Crippen LogP contribution in [0.1, 0.15) is 34.3 Å². The van der Waals surface area contributed by atoms with Crippen LogP contribution in [0.5, 0.6) is 0 Å². The average molecular weight is 347 g/mol. The Hall–Kier alpha value is -2.12. The Kier molecular flexibility index (Phi) is 5.32. The lowest BCUT2D eigenvalue weighted by molar-refractivity contribution is 0.0639. The molecular formula is C17H21N3O3S. The number of thiophene rings is 1. The second-order valence-corrected chi connectivity index (χ2v) is 6.64. The number of anilines is 1. The van der Waals surface area contributed by atoms with Crippen LogP contribution in [0.25, 0.3) is 0 Å². The number of carbonyl (C=O) groups is 2. The SMILES string of the molecule is CCCN1CCN(C(=O)c2ccsc2NC(=O)c2ccco2)CC1. The molecule has 0 saturated carbocycles. The second kappa shape index (κ2) is 7.63. The molecule has 0 atom stereocenters. The smallest absolute Gasteiger partial charge is 0.291 e. The monoisotopic (exact) mass is 347 g/mol. The van der Waals surface area contributed by atoms with Crippen molar-refractivity contribution in [1.82, 2.24) is 9.80 Å². The number of hydrogen-bond acceptors (Lipinski definition) is 5. The van der Waals surface area contributed by atoms with E-state index in [4.69, 9.17) is 4.42 Å². The van der Waals surface area contributed by atoms with Gasteiger partial charge in [-0.05, 0) is 36.5 Å². The average Bonchev–Trinajstić information content (AvgIpc) is 3.27. The highest BCUT2D eigenvalue weighted by Crippen LogP contribution is 2.26. The minimum atomic E-state index is -0.343. The zero-order valence-corrected chi connectivity index (χ0v) is 14.5. The minimum Gasteiger partial charge on any atom is -0.459 e. The zero-order valence-electron chi connectivity index (χ0n) is 13.7. The van der Waals surface area contributed by atoms with Crippen molar-refractivity contribution in [2.24, 2.45) is 0 Å². The maximum atomic E-state index is 12.8. The van der Waals surface area contributed by atoms with Gasteiger partial charge < -0.3 is 14.6 Å². The molecule has 6 nitrogen and oxygen atoms in total. The van der Waals surface area contributed by atoms with Gasteiger partial charge in [-0.1, -0.05) is 6.92 Å². The first-order valence-corrected chi connectivity index (χ1v) is 9.01. The number of amides is 2. The van der Waals surface area contributed by atoms with Crippen LogP contribution in [-0.2, 0) is 0 Å². The summed E-state index contributed by atoms with van der Waals surface area (Å²) in [4.78, 5) is 29.1. The highest BCUT2D eigenvalue weighted by molar-refractivity contribution is 7.14. The van der Waals surface area contributed by atoms with Crippen LogP contribution in [0.3, 0.4) is 0 Å². The molecule has 7 heteroatoms. The molecule has 0 spiro atoms. The van der Waals surface area contributed by atoms with E-state index < -0.39 is 0 Å². The summed E-state index contributed by atoms with van der Waals surface area (Å²) in [5, 5.41) is 5.15. The number of hydrogen-bond donors (Lipinski definition) is 1. The van der Waals surface area contributed by atoms with E-state index in [-0.39, 0.29) is 17.6 Å². The Balaban J connectivity index is 1.64. The number of rotatable bonds is 5. The Bertz CT molecular complexity index is 688. The highest BCUT2D eigenvalue weighted by Gasteiger charge is 2.25. The molecule has 24 heavy (non-hydrogen) atoms. The lowest BCUT2D eigenvalue weighted by Crippen LogP contribution is -2.48. The molecule has 1 aliphatic rings. The second-order valence-electron chi connectivity index (χ2n) is 5.73. The van der Waals surface area contributed by atoms with Gasteiger partial charge in [0.05, 0.1) is 11.8 Å². The summed E-state index contributed by atoms with van der Waals surface area (Å²) in [5.74, 6) is -0.138. The molecule has 1 fully saturated rings. The summed E-state index contributed by atoms with van der Waals surface area (Å²) in [7, 11) is 0. The van der Waals surface area contributed by atoms with Gasteiger partial charge in [-0.3, -0.25) is 14.5 Å². The molecule has 2 aromatic heterocycles. The van der Waals surface area contributed by atoms with Gasteiger partial charge >= 0.3 is 0 Å². The van der Waals surface area contributed by atoms with Gasteiger partial charge in [-0.15, -0.1) is 11.3 Å². The van der Waals surface area contributed by atoms with Gasteiger partial charge in [0, 0.05) is 26.2 Å². The molecule has 0 bridgehead atoms. The lowest BCUT2D eigenvalue weighted by atomic mass is 10.2. The van der Waals surface area contributed by atoms with E-state index in [0.717, 1.165) is 39.1 Å². The van der Waals surface area contributed by atoms with Gasteiger partial charge in [0.25, 0.3) is 11.8 Å². The quantitative estimate of drug-likeness (QED) is 0.903. The fraction of sp³-hybridized carbons (Fsp3) is 0.412. The summed E-state index contributed by atoms with van der Waals surface area (Å²) >= 11 is 1.34. The molecule has 1 saturated heterocycles. The van der Waals surface area contributed by atoms with E-state index in [0.29, 0.717) is 10.6 Å². The van der Waals surface area contributed by atoms with Crippen molar-refractivity contribution >= 4 is 28.2 Å². The Morgan fingerprint density at radius 3 is 2.71 bits per heavy atom. The molecule has 0 unspecified atom stereocenters. The molecule has 0 aromatic carbocycles. The number of nitrogens with one attached hydrogen (secondary N) is 1. The van der Waals surface area contributed by atoms with Crippen molar-refractivity contribution in [3.8, 4) is 0 Å². The van der Waals surface area contributed by atoms with Crippen LogP contribution < -0.4 is 5.32 Å². The first kappa shape index (κ1) is 16.7. The van der Waals surface area contributed by atoms with Gasteiger partial charge in [-0.2, -0.15) is 0 Å². The maximum Gasteiger partial charge on any atom is 0.291 e. The molecular weight excluding hydrogens is 326 g/mol. The molecule has 1 N–H and O–H groups in total. The normalized spacial score (nSPS) is 15.5. The molecule has 3 heterocycles. The molecule has 2 amide bonds. The summed E-state index contributed by atoms with van der Waals surface area (Å²) in [5.41, 5.74) is 0.545. The van der Waals surface area contributed by atoms with Crippen molar-refractivity contribution in [1.29, 1.82) is 0 Å². The van der Waals surface area contributed by atoms with Crippen molar-refractivity contribution in [3.05, 3.63) is 41.2 Å². The van der Waals surface area contributed by atoms with Crippen LogP contribution in [0.4, 0.5) is 5.00 Å². The Labute approximate surface area is 145 Å². The zero-order chi connectivity index (χ0) is 16.9. The number of carbonyl (C=O) groups excluding carboxylic acids is 2. The summed E-state index contributed by atoms with van der Waals surface area (Å²) in [6, 6.07) is 5.02. The van der Waals surface area contributed by atoms with Crippen molar-refractivity contribution < 1.29 is 14.0 Å². The number of nitrogens with zero attached hydrogens (tertiary/aromatic N) is 2. The van der Waals surface area contributed by atoms with Gasteiger partial charge in [-0.25, -0.2) is 0 Å².